The predicted octanol–water partition coefficient (Wildman–Crippen LogP) is 4.33. The maximum absolute atomic E-state index is 6.15. The molecule has 0 radical (unpaired) electrons. The lowest BCUT2D eigenvalue weighted by molar-refractivity contribution is 0.220. The number of rotatable bonds is 5. The summed E-state index contributed by atoms with van der Waals surface area (Å²) in [5.74, 6) is 0. The van der Waals surface area contributed by atoms with Crippen LogP contribution in [0.2, 0.25) is 5.02 Å². The first-order valence-electron chi connectivity index (χ1n) is 7.95. The van der Waals surface area contributed by atoms with E-state index in [0.29, 0.717) is 5.02 Å². The molecule has 1 aromatic carbocycles. The van der Waals surface area contributed by atoms with Crippen LogP contribution in [0, 0.1) is 0 Å². The normalized spacial score (nSPS) is 15.7. The molecular weight excluding hydrogens is 294 g/mol. The number of hydrogen-bond acceptors (Lipinski definition) is 3. The van der Waals surface area contributed by atoms with E-state index in [9.17, 15) is 0 Å². The zero-order valence-corrected chi connectivity index (χ0v) is 13.5. The lowest BCUT2D eigenvalue weighted by atomic mass is 10.0. The molecule has 3 nitrogen and oxygen atoms in total. The van der Waals surface area contributed by atoms with Gasteiger partial charge in [-0.1, -0.05) is 42.3 Å². The lowest BCUT2D eigenvalue weighted by Gasteiger charge is -2.27. The molecule has 1 saturated heterocycles. The van der Waals surface area contributed by atoms with Crippen molar-refractivity contribution in [1.82, 2.24) is 9.88 Å². The molecule has 0 bridgehead atoms. The van der Waals surface area contributed by atoms with Crippen LogP contribution in [0.3, 0.4) is 0 Å². The standard InChI is InChI=1S/C18H22ClN3/c19-17-13-20-9-8-18(17)21-12-15-6-2-3-7-16(15)14-22-10-4-1-5-11-22/h2-3,6-9,13H,1,4-5,10-12,14H2,(H,20,21). The third kappa shape index (κ3) is 3.99. The van der Waals surface area contributed by atoms with E-state index in [-0.39, 0.29) is 0 Å². The molecule has 1 fully saturated rings. The van der Waals surface area contributed by atoms with Crippen LogP contribution in [0.25, 0.3) is 0 Å². The molecule has 1 aliphatic heterocycles. The average molecular weight is 316 g/mol. The van der Waals surface area contributed by atoms with Gasteiger partial charge in [-0.05, 0) is 43.1 Å². The molecule has 1 N–H and O–H groups in total. The van der Waals surface area contributed by atoms with Crippen LogP contribution in [0.4, 0.5) is 5.69 Å². The maximum Gasteiger partial charge on any atom is 0.0820 e. The number of anilines is 1. The van der Waals surface area contributed by atoms with Crippen molar-refractivity contribution in [3.05, 3.63) is 58.9 Å². The molecule has 0 atom stereocenters. The first kappa shape index (κ1) is 15.3. The van der Waals surface area contributed by atoms with Crippen molar-refractivity contribution in [1.29, 1.82) is 0 Å². The zero-order valence-electron chi connectivity index (χ0n) is 12.8. The van der Waals surface area contributed by atoms with E-state index in [0.717, 1.165) is 18.8 Å². The second-order valence-electron chi connectivity index (χ2n) is 5.81. The van der Waals surface area contributed by atoms with Crippen LogP contribution in [-0.2, 0) is 13.1 Å². The molecule has 1 aliphatic rings. The van der Waals surface area contributed by atoms with Gasteiger partial charge in [-0.25, -0.2) is 0 Å². The number of pyridine rings is 1. The minimum atomic E-state index is 0.663. The van der Waals surface area contributed by atoms with Gasteiger partial charge in [0.2, 0.25) is 0 Å². The van der Waals surface area contributed by atoms with Gasteiger partial charge < -0.3 is 5.32 Å². The third-order valence-electron chi connectivity index (χ3n) is 4.20. The van der Waals surface area contributed by atoms with Crippen molar-refractivity contribution >= 4 is 17.3 Å². The minimum absolute atomic E-state index is 0.663. The minimum Gasteiger partial charge on any atom is -0.380 e. The molecule has 3 rings (SSSR count). The quantitative estimate of drug-likeness (QED) is 0.890. The Morgan fingerprint density at radius 2 is 1.82 bits per heavy atom. The number of nitrogens with one attached hydrogen (secondary N) is 1. The third-order valence-corrected chi connectivity index (χ3v) is 4.50. The van der Waals surface area contributed by atoms with Crippen LogP contribution >= 0.6 is 11.6 Å². The van der Waals surface area contributed by atoms with Gasteiger partial charge in [-0.3, -0.25) is 9.88 Å². The molecule has 0 saturated carbocycles. The molecule has 0 amide bonds. The van der Waals surface area contributed by atoms with Crippen LogP contribution in [0.5, 0.6) is 0 Å². The largest absolute Gasteiger partial charge is 0.380 e. The van der Waals surface area contributed by atoms with Gasteiger partial charge in [0, 0.05) is 25.5 Å². The lowest BCUT2D eigenvalue weighted by Crippen LogP contribution is -2.29. The van der Waals surface area contributed by atoms with Crippen molar-refractivity contribution in [2.45, 2.75) is 32.4 Å². The van der Waals surface area contributed by atoms with Crippen molar-refractivity contribution in [2.75, 3.05) is 18.4 Å². The predicted molar refractivity (Wildman–Crippen MR) is 92.1 cm³/mol. The Labute approximate surface area is 137 Å². The van der Waals surface area contributed by atoms with E-state index in [1.54, 1.807) is 12.4 Å². The highest BCUT2D eigenvalue weighted by Crippen LogP contribution is 2.21. The Hall–Kier alpha value is -1.58. The number of piperidine rings is 1. The van der Waals surface area contributed by atoms with Crippen molar-refractivity contribution in [3.63, 3.8) is 0 Å². The van der Waals surface area contributed by atoms with Gasteiger partial charge in [0.1, 0.15) is 0 Å². The number of halogens is 1. The fourth-order valence-electron chi connectivity index (χ4n) is 2.95. The molecule has 4 heteroatoms. The number of benzene rings is 1. The number of nitrogens with zero attached hydrogens (tertiary/aromatic N) is 2. The Morgan fingerprint density at radius 3 is 2.59 bits per heavy atom. The highest BCUT2D eigenvalue weighted by atomic mass is 35.5. The summed E-state index contributed by atoms with van der Waals surface area (Å²) in [7, 11) is 0. The fraction of sp³-hybridized carbons (Fsp3) is 0.389. The van der Waals surface area contributed by atoms with Gasteiger partial charge in [0.05, 0.1) is 10.7 Å². The smallest absolute Gasteiger partial charge is 0.0820 e. The van der Waals surface area contributed by atoms with E-state index in [1.165, 1.54) is 43.5 Å². The number of aromatic nitrogens is 1. The monoisotopic (exact) mass is 315 g/mol. The molecular formula is C18H22ClN3. The van der Waals surface area contributed by atoms with Gasteiger partial charge in [0.25, 0.3) is 0 Å². The molecule has 1 aromatic heterocycles. The SMILES string of the molecule is Clc1cnccc1NCc1ccccc1CN1CCCCC1. The van der Waals surface area contributed by atoms with Gasteiger partial charge in [0.15, 0.2) is 0 Å². The highest BCUT2D eigenvalue weighted by molar-refractivity contribution is 6.33. The molecule has 0 unspecified atom stereocenters. The van der Waals surface area contributed by atoms with Crippen molar-refractivity contribution in [3.8, 4) is 0 Å². The number of likely N-dealkylation sites (tertiary alicyclic amines) is 1. The maximum atomic E-state index is 6.15. The zero-order chi connectivity index (χ0) is 15.2. The first-order valence-corrected chi connectivity index (χ1v) is 8.33. The molecule has 0 aliphatic carbocycles. The van der Waals surface area contributed by atoms with Gasteiger partial charge in [-0.2, -0.15) is 0 Å². The van der Waals surface area contributed by atoms with Crippen LogP contribution < -0.4 is 5.32 Å². The fourth-order valence-corrected chi connectivity index (χ4v) is 3.14. The van der Waals surface area contributed by atoms with Crippen molar-refractivity contribution < 1.29 is 0 Å². The Morgan fingerprint density at radius 1 is 1.05 bits per heavy atom. The van der Waals surface area contributed by atoms with Crippen LogP contribution in [-0.4, -0.2) is 23.0 Å². The molecule has 0 spiro atoms. The Bertz CT molecular complexity index is 609. The van der Waals surface area contributed by atoms with E-state index in [1.807, 2.05) is 6.07 Å². The van der Waals surface area contributed by atoms with E-state index in [4.69, 9.17) is 11.6 Å². The van der Waals surface area contributed by atoms with E-state index >= 15 is 0 Å². The summed E-state index contributed by atoms with van der Waals surface area (Å²) in [6, 6.07) is 10.6. The Kier molecular flexibility index (Phi) is 5.30. The summed E-state index contributed by atoms with van der Waals surface area (Å²) in [4.78, 5) is 6.57. The van der Waals surface area contributed by atoms with Crippen molar-refractivity contribution in [2.24, 2.45) is 0 Å². The Balaban J connectivity index is 1.67. The summed E-state index contributed by atoms with van der Waals surface area (Å²) in [6.07, 6.45) is 7.46. The van der Waals surface area contributed by atoms with Crippen LogP contribution in [0.15, 0.2) is 42.7 Å². The first-order chi connectivity index (χ1) is 10.8. The van der Waals surface area contributed by atoms with E-state index < -0.39 is 0 Å². The van der Waals surface area contributed by atoms with Crippen LogP contribution in [0.1, 0.15) is 30.4 Å². The summed E-state index contributed by atoms with van der Waals surface area (Å²) in [6.45, 7) is 4.27. The van der Waals surface area contributed by atoms with Gasteiger partial charge >= 0.3 is 0 Å². The number of hydrogen-bond donors (Lipinski definition) is 1. The second kappa shape index (κ2) is 7.61. The topological polar surface area (TPSA) is 28.2 Å². The molecule has 2 heterocycles. The second-order valence-corrected chi connectivity index (χ2v) is 6.22. The molecule has 2 aromatic rings. The van der Waals surface area contributed by atoms with Gasteiger partial charge in [-0.15, -0.1) is 0 Å². The average Bonchev–Trinajstić information content (AvgIpc) is 2.56. The summed E-state index contributed by atoms with van der Waals surface area (Å²) in [5, 5.41) is 4.08. The molecule has 116 valence electrons. The molecule has 22 heavy (non-hydrogen) atoms. The summed E-state index contributed by atoms with van der Waals surface area (Å²) >= 11 is 6.15. The highest BCUT2D eigenvalue weighted by Gasteiger charge is 2.12. The summed E-state index contributed by atoms with van der Waals surface area (Å²) in [5.41, 5.74) is 3.67. The van der Waals surface area contributed by atoms with E-state index in [2.05, 4.69) is 39.5 Å². The summed E-state index contributed by atoms with van der Waals surface area (Å²) < 4.78 is 0.